The summed E-state index contributed by atoms with van der Waals surface area (Å²) in [6.45, 7) is 3.95. The van der Waals surface area contributed by atoms with Gasteiger partial charge in [0.15, 0.2) is 0 Å². The Kier molecular flexibility index (Phi) is 5.18. The van der Waals surface area contributed by atoms with Crippen LogP contribution in [-0.2, 0) is 11.2 Å². The zero-order chi connectivity index (χ0) is 17.6. The van der Waals surface area contributed by atoms with Crippen LogP contribution in [0.25, 0.3) is 11.4 Å². The Morgan fingerprint density at radius 2 is 2.04 bits per heavy atom. The molecule has 25 heavy (non-hydrogen) atoms. The van der Waals surface area contributed by atoms with Gasteiger partial charge in [-0.25, -0.2) is 0 Å². The maximum atomic E-state index is 12.1. The van der Waals surface area contributed by atoms with Crippen molar-refractivity contribution >= 4 is 5.91 Å². The van der Waals surface area contributed by atoms with Gasteiger partial charge in [-0.05, 0) is 25.5 Å². The first-order chi connectivity index (χ1) is 12.1. The second-order valence-corrected chi connectivity index (χ2v) is 5.95. The van der Waals surface area contributed by atoms with Crippen molar-refractivity contribution in [2.45, 2.75) is 32.7 Å². The molecule has 0 aliphatic rings. The fourth-order valence-corrected chi connectivity index (χ4v) is 2.43. The van der Waals surface area contributed by atoms with Crippen molar-refractivity contribution in [3.05, 3.63) is 65.8 Å². The third-order valence-corrected chi connectivity index (χ3v) is 3.91. The molecule has 0 radical (unpaired) electrons. The minimum Gasteiger partial charge on any atom is -0.350 e. The molecule has 1 aromatic carbocycles. The zero-order valence-corrected chi connectivity index (χ0v) is 14.3. The molecular weight excluding hydrogens is 316 g/mol. The summed E-state index contributed by atoms with van der Waals surface area (Å²) in [6, 6.07) is 11.6. The fraction of sp³-hybridized carbons (Fsp3) is 0.263. The lowest BCUT2D eigenvalue weighted by molar-refractivity contribution is -0.121. The number of carbonyl (C=O) groups is 1. The molecule has 1 unspecified atom stereocenters. The summed E-state index contributed by atoms with van der Waals surface area (Å²) in [4.78, 5) is 20.5. The second kappa shape index (κ2) is 7.70. The maximum absolute atomic E-state index is 12.1. The van der Waals surface area contributed by atoms with Gasteiger partial charge in [0.25, 0.3) is 0 Å². The molecule has 128 valence electrons. The molecule has 1 N–H and O–H groups in total. The van der Waals surface area contributed by atoms with Crippen molar-refractivity contribution in [2.24, 2.45) is 0 Å². The normalized spacial score (nSPS) is 11.9. The van der Waals surface area contributed by atoms with Gasteiger partial charge in [-0.1, -0.05) is 41.1 Å². The first kappa shape index (κ1) is 16.8. The molecule has 0 bridgehead atoms. The van der Waals surface area contributed by atoms with E-state index in [1.165, 1.54) is 5.56 Å². The molecule has 3 aromatic rings. The van der Waals surface area contributed by atoms with E-state index in [-0.39, 0.29) is 11.9 Å². The van der Waals surface area contributed by atoms with Crippen LogP contribution in [0.5, 0.6) is 0 Å². The molecule has 0 saturated carbocycles. The van der Waals surface area contributed by atoms with Gasteiger partial charge in [-0.3, -0.25) is 9.78 Å². The van der Waals surface area contributed by atoms with Crippen LogP contribution in [0.15, 0.2) is 53.3 Å². The average molecular weight is 336 g/mol. The summed E-state index contributed by atoms with van der Waals surface area (Å²) < 4.78 is 5.24. The number of hydrogen-bond acceptors (Lipinski definition) is 5. The van der Waals surface area contributed by atoms with Crippen LogP contribution in [-0.4, -0.2) is 21.0 Å². The summed E-state index contributed by atoms with van der Waals surface area (Å²) in [5.74, 6) is 0.935. The van der Waals surface area contributed by atoms with Crippen LogP contribution in [0, 0.1) is 6.92 Å². The highest BCUT2D eigenvalue weighted by molar-refractivity contribution is 5.76. The van der Waals surface area contributed by atoms with Crippen LogP contribution >= 0.6 is 0 Å². The van der Waals surface area contributed by atoms with Crippen molar-refractivity contribution < 1.29 is 9.32 Å². The highest BCUT2D eigenvalue weighted by Gasteiger charge is 2.13. The number of rotatable bonds is 6. The number of aromatic nitrogens is 3. The maximum Gasteiger partial charge on any atom is 0.227 e. The summed E-state index contributed by atoms with van der Waals surface area (Å²) in [7, 11) is 0. The van der Waals surface area contributed by atoms with Crippen LogP contribution in [0.4, 0.5) is 0 Å². The summed E-state index contributed by atoms with van der Waals surface area (Å²) in [6.07, 6.45) is 4.15. The van der Waals surface area contributed by atoms with Gasteiger partial charge in [0.2, 0.25) is 17.6 Å². The number of hydrogen-bond donors (Lipinski definition) is 1. The molecule has 2 aromatic heterocycles. The van der Waals surface area contributed by atoms with Gasteiger partial charge in [0.05, 0.1) is 6.04 Å². The summed E-state index contributed by atoms with van der Waals surface area (Å²) in [5, 5.41) is 6.92. The van der Waals surface area contributed by atoms with E-state index in [4.69, 9.17) is 4.52 Å². The van der Waals surface area contributed by atoms with Gasteiger partial charge < -0.3 is 9.84 Å². The molecule has 1 atom stereocenters. The topological polar surface area (TPSA) is 80.9 Å². The Morgan fingerprint density at radius 1 is 1.24 bits per heavy atom. The fourth-order valence-electron chi connectivity index (χ4n) is 2.43. The third kappa shape index (κ3) is 4.50. The molecule has 0 saturated heterocycles. The largest absolute Gasteiger partial charge is 0.350 e. The Hall–Kier alpha value is -3.02. The Balaban J connectivity index is 1.53. The lowest BCUT2D eigenvalue weighted by atomic mass is 10.1. The molecule has 0 aliphatic carbocycles. The highest BCUT2D eigenvalue weighted by Crippen LogP contribution is 2.17. The molecule has 0 aliphatic heterocycles. The highest BCUT2D eigenvalue weighted by atomic mass is 16.5. The number of pyridine rings is 1. The van der Waals surface area contributed by atoms with Gasteiger partial charge in [0, 0.05) is 30.8 Å². The lowest BCUT2D eigenvalue weighted by Gasteiger charge is -2.13. The quantitative estimate of drug-likeness (QED) is 0.747. The van der Waals surface area contributed by atoms with Gasteiger partial charge in [-0.15, -0.1) is 0 Å². The molecule has 0 spiro atoms. The van der Waals surface area contributed by atoms with Crippen molar-refractivity contribution in [1.82, 2.24) is 20.4 Å². The predicted octanol–water partition coefficient (Wildman–Crippen LogP) is 3.25. The Morgan fingerprint density at radius 3 is 2.76 bits per heavy atom. The van der Waals surface area contributed by atoms with E-state index >= 15 is 0 Å². The third-order valence-electron chi connectivity index (χ3n) is 3.91. The van der Waals surface area contributed by atoms with Gasteiger partial charge >= 0.3 is 0 Å². The molecule has 0 fully saturated rings. The van der Waals surface area contributed by atoms with E-state index in [2.05, 4.69) is 20.4 Å². The molecular formula is C19H20N4O2. The van der Waals surface area contributed by atoms with E-state index in [0.717, 1.165) is 11.1 Å². The number of nitrogens with one attached hydrogen (secondary N) is 1. The zero-order valence-electron chi connectivity index (χ0n) is 14.3. The molecule has 6 heteroatoms. The first-order valence-corrected chi connectivity index (χ1v) is 8.21. The minimum absolute atomic E-state index is 0.0635. The van der Waals surface area contributed by atoms with Crippen LogP contribution in [0.3, 0.4) is 0 Å². The molecule has 1 amide bonds. The number of amides is 1. The van der Waals surface area contributed by atoms with E-state index in [1.54, 1.807) is 12.4 Å². The number of aryl methyl sites for hydroxylation is 2. The number of carbonyl (C=O) groups excluding carboxylic acids is 1. The van der Waals surface area contributed by atoms with Crippen molar-refractivity contribution in [1.29, 1.82) is 0 Å². The van der Waals surface area contributed by atoms with E-state index in [0.29, 0.717) is 24.6 Å². The standard InChI is InChI=1S/C19H20N4O2/c1-13-5-7-15(8-6-13)19-22-18(25-23-19)10-9-17(24)21-14(2)16-4-3-11-20-12-16/h3-8,11-12,14H,9-10H2,1-2H3,(H,21,24). The smallest absolute Gasteiger partial charge is 0.227 e. The van der Waals surface area contributed by atoms with Crippen LogP contribution in [0.2, 0.25) is 0 Å². The SMILES string of the molecule is Cc1ccc(-c2noc(CCC(=O)NC(C)c3cccnc3)n2)cc1. The Bertz CT molecular complexity index is 828. The van der Waals surface area contributed by atoms with Gasteiger partial charge in [-0.2, -0.15) is 4.98 Å². The first-order valence-electron chi connectivity index (χ1n) is 8.21. The van der Waals surface area contributed by atoms with E-state index in [9.17, 15) is 4.79 Å². The van der Waals surface area contributed by atoms with Gasteiger partial charge in [0.1, 0.15) is 0 Å². The van der Waals surface area contributed by atoms with Crippen LogP contribution < -0.4 is 5.32 Å². The minimum atomic E-state index is -0.0907. The summed E-state index contributed by atoms with van der Waals surface area (Å²) >= 11 is 0. The monoisotopic (exact) mass is 336 g/mol. The average Bonchev–Trinajstić information content (AvgIpc) is 3.10. The molecule has 6 nitrogen and oxygen atoms in total. The molecule has 2 heterocycles. The second-order valence-electron chi connectivity index (χ2n) is 5.95. The lowest BCUT2D eigenvalue weighted by Crippen LogP contribution is -2.26. The summed E-state index contributed by atoms with van der Waals surface area (Å²) in [5.41, 5.74) is 3.04. The predicted molar refractivity (Wildman–Crippen MR) is 93.6 cm³/mol. The number of benzene rings is 1. The van der Waals surface area contributed by atoms with E-state index in [1.807, 2.05) is 50.2 Å². The van der Waals surface area contributed by atoms with Crippen molar-refractivity contribution in [2.75, 3.05) is 0 Å². The Labute approximate surface area is 146 Å². The molecule has 3 rings (SSSR count). The van der Waals surface area contributed by atoms with Crippen molar-refractivity contribution in [3.63, 3.8) is 0 Å². The van der Waals surface area contributed by atoms with Crippen LogP contribution in [0.1, 0.15) is 36.4 Å². The van der Waals surface area contributed by atoms with Crippen molar-refractivity contribution in [3.8, 4) is 11.4 Å². The number of nitrogens with zero attached hydrogens (tertiary/aromatic N) is 3. The van der Waals surface area contributed by atoms with E-state index < -0.39 is 0 Å².